The molecular formula is C16H18N2O4. The Labute approximate surface area is 128 Å². The van der Waals surface area contributed by atoms with Crippen LogP contribution in [0.5, 0.6) is 11.5 Å². The number of benzene rings is 1. The highest BCUT2D eigenvalue weighted by Crippen LogP contribution is 2.37. The van der Waals surface area contributed by atoms with E-state index in [0.29, 0.717) is 30.0 Å². The predicted octanol–water partition coefficient (Wildman–Crippen LogP) is 1.92. The van der Waals surface area contributed by atoms with Crippen molar-refractivity contribution in [3.8, 4) is 11.5 Å². The van der Waals surface area contributed by atoms with Crippen LogP contribution in [0.25, 0.3) is 0 Å². The summed E-state index contributed by atoms with van der Waals surface area (Å²) in [5, 5.41) is 5.58. The maximum Gasteiger partial charge on any atom is 0.319 e. The highest BCUT2D eigenvalue weighted by Gasteiger charge is 2.39. The Kier molecular flexibility index (Phi) is 3.75. The molecule has 0 spiro atoms. The molecule has 1 aromatic carbocycles. The van der Waals surface area contributed by atoms with E-state index in [-0.39, 0.29) is 17.7 Å². The Morgan fingerprint density at radius 1 is 1.14 bits per heavy atom. The standard InChI is InChI=1S/C16H18N2O4/c1-21-12-7-6-9(8-13(12)22-2)15-14-10(17-16(20)18-15)4-3-5-11(14)19/h4,6-8,14-15H,3,5H2,1-2H3,(H2,17,18,20)/t14-,15-/m1/s1. The molecule has 6 nitrogen and oxygen atoms in total. The third-order valence-corrected chi connectivity index (χ3v) is 4.08. The van der Waals surface area contributed by atoms with Crippen LogP contribution in [0.15, 0.2) is 30.0 Å². The number of methoxy groups -OCH3 is 2. The smallest absolute Gasteiger partial charge is 0.319 e. The van der Waals surface area contributed by atoms with E-state index in [1.165, 1.54) is 0 Å². The second-order valence-electron chi connectivity index (χ2n) is 5.33. The van der Waals surface area contributed by atoms with E-state index >= 15 is 0 Å². The van der Waals surface area contributed by atoms with Gasteiger partial charge >= 0.3 is 6.03 Å². The number of hydrogen-bond acceptors (Lipinski definition) is 4. The van der Waals surface area contributed by atoms with Crippen LogP contribution in [-0.2, 0) is 4.79 Å². The Morgan fingerprint density at radius 2 is 1.91 bits per heavy atom. The van der Waals surface area contributed by atoms with Gasteiger partial charge in [-0.25, -0.2) is 4.79 Å². The number of fused-ring (bicyclic) bond motifs is 1. The highest BCUT2D eigenvalue weighted by molar-refractivity contribution is 5.90. The monoisotopic (exact) mass is 302 g/mol. The fourth-order valence-electron chi connectivity index (χ4n) is 3.03. The number of ether oxygens (including phenoxy) is 2. The molecule has 6 heteroatoms. The number of carbonyl (C=O) groups excluding carboxylic acids is 2. The van der Waals surface area contributed by atoms with Crippen LogP contribution >= 0.6 is 0 Å². The summed E-state index contributed by atoms with van der Waals surface area (Å²) in [7, 11) is 3.12. The molecule has 3 rings (SSSR count). The van der Waals surface area contributed by atoms with Crippen LogP contribution in [0.2, 0.25) is 0 Å². The molecule has 1 fully saturated rings. The van der Waals surface area contributed by atoms with E-state index in [1.807, 2.05) is 12.1 Å². The van der Waals surface area contributed by atoms with Crippen LogP contribution in [0.3, 0.4) is 0 Å². The van der Waals surface area contributed by atoms with Gasteiger partial charge < -0.3 is 20.1 Å². The molecule has 2 N–H and O–H groups in total. The lowest BCUT2D eigenvalue weighted by Gasteiger charge is -2.36. The van der Waals surface area contributed by atoms with Gasteiger partial charge in [-0.2, -0.15) is 0 Å². The first-order chi connectivity index (χ1) is 10.6. The first-order valence-electron chi connectivity index (χ1n) is 7.16. The van der Waals surface area contributed by atoms with Gasteiger partial charge in [0.15, 0.2) is 11.5 Å². The molecule has 1 saturated heterocycles. The summed E-state index contributed by atoms with van der Waals surface area (Å²) >= 11 is 0. The summed E-state index contributed by atoms with van der Waals surface area (Å²) in [4.78, 5) is 24.2. The minimum absolute atomic E-state index is 0.129. The van der Waals surface area contributed by atoms with Gasteiger partial charge in [-0.3, -0.25) is 4.79 Å². The number of nitrogens with one attached hydrogen (secondary N) is 2. The molecule has 2 amide bonds. The molecule has 0 radical (unpaired) electrons. The van der Waals surface area contributed by atoms with Gasteiger partial charge in [0, 0.05) is 12.1 Å². The Morgan fingerprint density at radius 3 is 2.64 bits per heavy atom. The fourth-order valence-corrected chi connectivity index (χ4v) is 3.03. The van der Waals surface area contributed by atoms with Crippen molar-refractivity contribution in [2.75, 3.05) is 14.2 Å². The van der Waals surface area contributed by atoms with Crippen molar-refractivity contribution in [3.05, 3.63) is 35.5 Å². The van der Waals surface area contributed by atoms with Crippen molar-refractivity contribution >= 4 is 11.8 Å². The molecular weight excluding hydrogens is 284 g/mol. The van der Waals surface area contributed by atoms with E-state index in [4.69, 9.17) is 9.47 Å². The first-order valence-corrected chi connectivity index (χ1v) is 7.16. The SMILES string of the molecule is COc1ccc([C@H]2NC(=O)NC3=CCCC(=O)[C@@H]32)cc1OC. The normalized spacial score (nSPS) is 23.8. The van der Waals surface area contributed by atoms with Crippen molar-refractivity contribution in [1.29, 1.82) is 0 Å². The number of amides is 2. The molecule has 1 aliphatic carbocycles. The minimum Gasteiger partial charge on any atom is -0.493 e. The average molecular weight is 302 g/mol. The van der Waals surface area contributed by atoms with Crippen LogP contribution < -0.4 is 20.1 Å². The van der Waals surface area contributed by atoms with Crippen molar-refractivity contribution < 1.29 is 19.1 Å². The number of allylic oxidation sites excluding steroid dienone is 1. The van der Waals surface area contributed by atoms with Gasteiger partial charge in [0.25, 0.3) is 0 Å². The van der Waals surface area contributed by atoms with Gasteiger partial charge in [0.05, 0.1) is 26.2 Å². The fraction of sp³-hybridized carbons (Fsp3) is 0.375. The molecule has 0 aromatic heterocycles. The molecule has 116 valence electrons. The van der Waals surface area contributed by atoms with Crippen molar-refractivity contribution in [2.45, 2.75) is 18.9 Å². The van der Waals surface area contributed by atoms with Gasteiger partial charge in [0.2, 0.25) is 0 Å². The number of urea groups is 1. The van der Waals surface area contributed by atoms with Gasteiger partial charge in [-0.05, 0) is 24.1 Å². The number of ketones is 1. The molecule has 1 aromatic rings. The molecule has 1 aliphatic heterocycles. The maximum absolute atomic E-state index is 12.3. The number of Topliss-reactive ketones (excluding diaryl/α,β-unsaturated/α-hetero) is 1. The quantitative estimate of drug-likeness (QED) is 0.894. The van der Waals surface area contributed by atoms with Gasteiger partial charge in [-0.1, -0.05) is 12.1 Å². The highest BCUT2D eigenvalue weighted by atomic mass is 16.5. The molecule has 1 heterocycles. The summed E-state index contributed by atoms with van der Waals surface area (Å²) in [5.41, 5.74) is 1.51. The van der Waals surface area contributed by atoms with Crippen molar-refractivity contribution in [1.82, 2.24) is 10.6 Å². The summed E-state index contributed by atoms with van der Waals surface area (Å²) in [6.45, 7) is 0. The Hall–Kier alpha value is -2.50. The zero-order valence-corrected chi connectivity index (χ0v) is 12.5. The molecule has 22 heavy (non-hydrogen) atoms. The van der Waals surface area contributed by atoms with Crippen LogP contribution in [-0.4, -0.2) is 26.0 Å². The van der Waals surface area contributed by atoms with E-state index in [2.05, 4.69) is 10.6 Å². The number of hydrogen-bond donors (Lipinski definition) is 2. The topological polar surface area (TPSA) is 76.7 Å². The first kappa shape index (κ1) is 14.4. The lowest BCUT2D eigenvalue weighted by molar-refractivity contribution is -0.123. The summed E-state index contributed by atoms with van der Waals surface area (Å²) in [6, 6.07) is 4.73. The molecule has 0 bridgehead atoms. The second kappa shape index (κ2) is 5.71. The van der Waals surface area contributed by atoms with E-state index in [0.717, 1.165) is 5.56 Å². The van der Waals surface area contributed by atoms with Crippen LogP contribution in [0.1, 0.15) is 24.4 Å². The third-order valence-electron chi connectivity index (χ3n) is 4.08. The van der Waals surface area contributed by atoms with Gasteiger partial charge in [0.1, 0.15) is 5.78 Å². The zero-order valence-electron chi connectivity index (χ0n) is 12.5. The van der Waals surface area contributed by atoms with Crippen LogP contribution in [0, 0.1) is 5.92 Å². The average Bonchev–Trinajstić information content (AvgIpc) is 2.53. The summed E-state index contributed by atoms with van der Waals surface area (Å²) in [6.07, 6.45) is 3.09. The Bertz CT molecular complexity index is 654. The summed E-state index contributed by atoms with van der Waals surface area (Å²) in [5.74, 6) is 0.938. The minimum atomic E-state index is -0.396. The lowest BCUT2D eigenvalue weighted by Crippen LogP contribution is -2.51. The number of carbonyl (C=O) groups is 2. The molecule has 0 saturated carbocycles. The van der Waals surface area contributed by atoms with Gasteiger partial charge in [-0.15, -0.1) is 0 Å². The van der Waals surface area contributed by atoms with E-state index in [9.17, 15) is 9.59 Å². The lowest BCUT2D eigenvalue weighted by atomic mass is 9.80. The molecule has 0 unspecified atom stereocenters. The zero-order chi connectivity index (χ0) is 15.7. The largest absolute Gasteiger partial charge is 0.493 e. The van der Waals surface area contributed by atoms with Crippen molar-refractivity contribution in [2.24, 2.45) is 5.92 Å². The third kappa shape index (κ3) is 2.41. The molecule has 2 aliphatic rings. The maximum atomic E-state index is 12.3. The Balaban J connectivity index is 2.01. The summed E-state index contributed by atoms with van der Waals surface area (Å²) < 4.78 is 10.5. The number of rotatable bonds is 3. The second-order valence-corrected chi connectivity index (χ2v) is 5.33. The van der Waals surface area contributed by atoms with E-state index < -0.39 is 6.04 Å². The van der Waals surface area contributed by atoms with E-state index in [1.54, 1.807) is 26.4 Å². The molecule has 2 atom stereocenters. The van der Waals surface area contributed by atoms with Crippen molar-refractivity contribution in [3.63, 3.8) is 0 Å². The van der Waals surface area contributed by atoms with Crippen LogP contribution in [0.4, 0.5) is 4.79 Å². The predicted molar refractivity (Wildman–Crippen MR) is 79.8 cm³/mol.